The number of carbonyl (C=O) groups is 3. The van der Waals surface area contributed by atoms with Crippen LogP contribution in [0.4, 0.5) is 8.78 Å². The minimum absolute atomic E-state index is 0.102. The molecule has 2 aromatic carbocycles. The van der Waals surface area contributed by atoms with Crippen molar-refractivity contribution in [2.75, 3.05) is 13.1 Å². The Morgan fingerprint density at radius 3 is 2.38 bits per heavy atom. The summed E-state index contributed by atoms with van der Waals surface area (Å²) in [5, 5.41) is 14.3. The van der Waals surface area contributed by atoms with Crippen LogP contribution in [-0.4, -0.2) is 54.0 Å². The summed E-state index contributed by atoms with van der Waals surface area (Å²) in [5.74, 6) is -1.81. The maximum Gasteiger partial charge on any atom is 0.251 e. The van der Waals surface area contributed by atoms with Crippen LogP contribution < -0.4 is 21.1 Å². The molecule has 3 amide bonds. The predicted octanol–water partition coefficient (Wildman–Crippen LogP) is 3.35. The molecule has 0 unspecified atom stereocenters. The van der Waals surface area contributed by atoms with Gasteiger partial charge in [-0.15, -0.1) is 11.3 Å². The molecular weight excluding hydrogens is 528 g/mol. The van der Waals surface area contributed by atoms with Gasteiger partial charge >= 0.3 is 0 Å². The summed E-state index contributed by atoms with van der Waals surface area (Å²) >= 11 is 1.29. The monoisotopic (exact) mass is 555 g/mol. The van der Waals surface area contributed by atoms with Gasteiger partial charge in [0.25, 0.3) is 5.91 Å². The number of likely N-dealkylation sites (tertiary alicyclic amines) is 1. The number of hydrogen-bond donors (Lipinski definition) is 4. The maximum atomic E-state index is 13.5. The maximum absolute atomic E-state index is 13.5. The van der Waals surface area contributed by atoms with Gasteiger partial charge in [-0.1, -0.05) is 18.2 Å². The van der Waals surface area contributed by atoms with Crippen molar-refractivity contribution in [3.05, 3.63) is 82.0 Å². The molecule has 204 valence electrons. The topological polar surface area (TPSA) is 138 Å². The van der Waals surface area contributed by atoms with Crippen LogP contribution in [0.25, 0.3) is 0 Å². The fourth-order valence-corrected chi connectivity index (χ4v) is 4.96. The number of ether oxygens (including phenoxy) is 1. The number of nitrogens with two attached hydrogens (primary N) is 1. The van der Waals surface area contributed by atoms with Gasteiger partial charge in [-0.05, 0) is 48.9 Å². The molecule has 0 spiro atoms. The number of amidine groups is 1. The van der Waals surface area contributed by atoms with Crippen LogP contribution in [0.5, 0.6) is 11.5 Å². The normalized spacial score (nSPS) is 16.6. The van der Waals surface area contributed by atoms with Crippen molar-refractivity contribution >= 4 is 34.9 Å². The van der Waals surface area contributed by atoms with Gasteiger partial charge in [-0.3, -0.25) is 19.8 Å². The summed E-state index contributed by atoms with van der Waals surface area (Å²) in [6.45, 7) is -0.632. The van der Waals surface area contributed by atoms with E-state index in [-0.39, 0.29) is 30.9 Å². The second-order valence-electron chi connectivity index (χ2n) is 8.95. The highest BCUT2D eigenvalue weighted by Crippen LogP contribution is 2.29. The first-order valence-electron chi connectivity index (χ1n) is 12.1. The van der Waals surface area contributed by atoms with E-state index in [9.17, 15) is 23.2 Å². The number of hydrogen-bond acceptors (Lipinski definition) is 6. The minimum Gasteiger partial charge on any atom is -0.457 e. The molecule has 5 N–H and O–H groups in total. The molecule has 12 heteroatoms. The van der Waals surface area contributed by atoms with E-state index in [2.05, 4.69) is 10.6 Å². The average molecular weight is 556 g/mol. The molecule has 2 heterocycles. The number of nitrogen functional groups attached to an aromatic ring is 1. The smallest absolute Gasteiger partial charge is 0.251 e. The van der Waals surface area contributed by atoms with E-state index in [0.717, 1.165) is 9.78 Å². The molecule has 1 aliphatic heterocycles. The van der Waals surface area contributed by atoms with Gasteiger partial charge in [-0.2, -0.15) is 0 Å². The summed E-state index contributed by atoms with van der Waals surface area (Å²) in [4.78, 5) is 40.2. The van der Waals surface area contributed by atoms with E-state index in [1.165, 1.54) is 11.3 Å². The van der Waals surface area contributed by atoms with E-state index in [1.807, 2.05) is 18.2 Å². The Balaban J connectivity index is 1.33. The van der Waals surface area contributed by atoms with Crippen molar-refractivity contribution in [2.45, 2.75) is 25.4 Å². The lowest BCUT2D eigenvalue weighted by Crippen LogP contribution is -2.48. The molecule has 4 rings (SSSR count). The van der Waals surface area contributed by atoms with E-state index in [0.29, 0.717) is 17.1 Å². The zero-order valence-corrected chi connectivity index (χ0v) is 21.5. The summed E-state index contributed by atoms with van der Waals surface area (Å²) in [5.41, 5.74) is 6.26. The molecule has 1 aromatic heterocycles. The molecule has 2 atom stereocenters. The largest absolute Gasteiger partial charge is 0.457 e. The average Bonchev–Trinajstić information content (AvgIpc) is 3.60. The Hall–Kier alpha value is -4.32. The second-order valence-corrected chi connectivity index (χ2v) is 9.94. The molecule has 1 saturated heterocycles. The lowest BCUT2D eigenvalue weighted by Gasteiger charge is -2.24. The number of thiophene rings is 1. The van der Waals surface area contributed by atoms with E-state index in [4.69, 9.17) is 15.9 Å². The third-order valence-corrected chi connectivity index (χ3v) is 7.15. The summed E-state index contributed by atoms with van der Waals surface area (Å²) in [6.07, 6.45) is -2.88. The van der Waals surface area contributed by atoms with E-state index in [1.54, 1.807) is 47.8 Å². The highest BCUT2D eigenvalue weighted by molar-refractivity contribution is 7.10. The Kier molecular flexibility index (Phi) is 8.87. The Labute approximate surface area is 227 Å². The summed E-state index contributed by atoms with van der Waals surface area (Å²) in [7, 11) is 0. The Morgan fingerprint density at radius 2 is 1.74 bits per heavy atom. The number of halogens is 2. The fraction of sp³-hybridized carbons (Fsp3) is 0.259. The SMILES string of the molecule is N=C(N)c1csc(CNC(=O)[C@@H]2C[C@@H](C(F)F)CN2C(=O)CNC(=O)c2ccc(Oc3ccccc3)cc2)c1. The molecular formula is C27H27F2N5O4S. The lowest BCUT2D eigenvalue weighted by molar-refractivity contribution is -0.137. The number of rotatable bonds is 10. The number of carbonyl (C=O) groups excluding carboxylic acids is 3. The highest BCUT2D eigenvalue weighted by Gasteiger charge is 2.42. The van der Waals surface area contributed by atoms with Crippen molar-refractivity contribution in [2.24, 2.45) is 11.7 Å². The molecule has 0 radical (unpaired) electrons. The Morgan fingerprint density at radius 1 is 1.05 bits per heavy atom. The van der Waals surface area contributed by atoms with Gasteiger partial charge in [0.1, 0.15) is 23.4 Å². The van der Waals surface area contributed by atoms with E-state index >= 15 is 0 Å². The van der Waals surface area contributed by atoms with Gasteiger partial charge < -0.3 is 26.0 Å². The van der Waals surface area contributed by atoms with Crippen molar-refractivity contribution in [1.29, 1.82) is 5.41 Å². The molecule has 9 nitrogen and oxygen atoms in total. The number of para-hydroxylation sites is 1. The van der Waals surface area contributed by atoms with Crippen LogP contribution in [0.1, 0.15) is 27.2 Å². The van der Waals surface area contributed by atoms with Gasteiger partial charge in [0.2, 0.25) is 18.2 Å². The number of benzene rings is 2. The van der Waals surface area contributed by atoms with Gasteiger partial charge in [-0.25, -0.2) is 8.78 Å². The van der Waals surface area contributed by atoms with Gasteiger partial charge in [0.15, 0.2) is 0 Å². The summed E-state index contributed by atoms with van der Waals surface area (Å²) < 4.78 is 32.6. The number of nitrogens with zero attached hydrogens (tertiary/aromatic N) is 1. The standard InChI is InChI=1S/C27H27F2N5O4S/c28-24(29)17-11-22(27(37)32-12-21-10-18(15-39-21)25(30)31)34(14-17)23(35)13-33-26(36)16-6-8-20(9-7-16)38-19-4-2-1-3-5-19/h1-10,15,17,22,24H,11-14H2,(H3,30,31)(H,32,37)(H,33,36)/t17-,22+/m1/s1. The van der Waals surface area contributed by atoms with Crippen LogP contribution >= 0.6 is 11.3 Å². The molecule has 0 aliphatic carbocycles. The van der Waals surface area contributed by atoms with E-state index < -0.39 is 42.7 Å². The second kappa shape index (κ2) is 12.5. The molecule has 39 heavy (non-hydrogen) atoms. The first-order valence-corrected chi connectivity index (χ1v) is 13.0. The summed E-state index contributed by atoms with van der Waals surface area (Å²) in [6, 6.07) is 16.0. The quantitative estimate of drug-likeness (QED) is 0.225. The fourth-order valence-electron chi connectivity index (χ4n) is 4.14. The van der Waals surface area contributed by atoms with Crippen LogP contribution in [-0.2, 0) is 16.1 Å². The van der Waals surface area contributed by atoms with Crippen molar-refractivity contribution < 1.29 is 27.9 Å². The lowest BCUT2D eigenvalue weighted by atomic mass is 10.1. The van der Waals surface area contributed by atoms with Crippen LogP contribution in [0.2, 0.25) is 0 Å². The molecule has 0 saturated carbocycles. The van der Waals surface area contributed by atoms with Crippen LogP contribution in [0.15, 0.2) is 66.0 Å². The predicted molar refractivity (Wildman–Crippen MR) is 142 cm³/mol. The third-order valence-electron chi connectivity index (χ3n) is 6.21. The van der Waals surface area contributed by atoms with Gasteiger partial charge in [0, 0.05) is 33.8 Å². The number of amides is 3. The zero-order valence-electron chi connectivity index (χ0n) is 20.7. The van der Waals surface area contributed by atoms with Crippen LogP contribution in [0.3, 0.4) is 0 Å². The molecule has 1 aliphatic rings. The number of nitrogens with one attached hydrogen (secondary N) is 3. The molecule has 1 fully saturated rings. The Bertz CT molecular complexity index is 1330. The zero-order chi connectivity index (χ0) is 27.9. The first kappa shape index (κ1) is 27.7. The first-order chi connectivity index (χ1) is 18.7. The number of alkyl halides is 2. The molecule has 3 aromatic rings. The highest BCUT2D eigenvalue weighted by atomic mass is 32.1. The minimum atomic E-state index is -2.69. The van der Waals surface area contributed by atoms with Crippen molar-refractivity contribution in [3.63, 3.8) is 0 Å². The van der Waals surface area contributed by atoms with Crippen LogP contribution in [0, 0.1) is 11.3 Å². The molecule has 0 bridgehead atoms. The van der Waals surface area contributed by atoms with Gasteiger partial charge in [0.05, 0.1) is 13.1 Å². The van der Waals surface area contributed by atoms with Crippen molar-refractivity contribution in [1.82, 2.24) is 15.5 Å². The third kappa shape index (κ3) is 7.17. The van der Waals surface area contributed by atoms with Crippen molar-refractivity contribution in [3.8, 4) is 11.5 Å².